The van der Waals surface area contributed by atoms with Gasteiger partial charge in [-0.3, -0.25) is 19.7 Å². The van der Waals surface area contributed by atoms with E-state index >= 15 is 0 Å². The first-order chi connectivity index (χ1) is 8.90. The second-order valence-electron chi connectivity index (χ2n) is 4.50. The van der Waals surface area contributed by atoms with E-state index < -0.39 is 23.8 Å². The zero-order valence-electron chi connectivity index (χ0n) is 10.6. The number of halogens is 1. The van der Waals surface area contributed by atoms with Crippen molar-refractivity contribution in [2.24, 2.45) is 0 Å². The molecule has 1 atom stereocenters. The molecule has 0 aromatic heterocycles. The molecule has 6 heteroatoms. The van der Waals surface area contributed by atoms with Crippen molar-refractivity contribution in [1.29, 1.82) is 0 Å². The first-order valence-electron chi connectivity index (χ1n) is 5.81. The molecule has 1 aliphatic heterocycles. The molecule has 1 unspecified atom stereocenters. The molecule has 3 amide bonds. The van der Waals surface area contributed by atoms with Crippen molar-refractivity contribution in [1.82, 2.24) is 10.2 Å². The van der Waals surface area contributed by atoms with Gasteiger partial charge in [-0.15, -0.1) is 0 Å². The van der Waals surface area contributed by atoms with Crippen LogP contribution in [0.3, 0.4) is 0 Å². The van der Waals surface area contributed by atoms with Gasteiger partial charge in [-0.25, -0.2) is 0 Å². The van der Waals surface area contributed by atoms with Gasteiger partial charge in [0.25, 0.3) is 5.91 Å². The van der Waals surface area contributed by atoms with Crippen molar-refractivity contribution in [2.45, 2.75) is 19.9 Å². The van der Waals surface area contributed by atoms with Crippen molar-refractivity contribution >= 4 is 29.3 Å². The van der Waals surface area contributed by atoms with E-state index in [9.17, 15) is 14.4 Å². The summed E-state index contributed by atoms with van der Waals surface area (Å²) >= 11 is 6.03. The quantitative estimate of drug-likeness (QED) is 0.785. The number of rotatable bonds is 1. The standard InChI is InChI=1S/C13H13ClN2O3/c1-7-3-4-9(10(14)5-7)13(19)16-6-11(17)15-12(18)8(16)2/h3-5,8H,6H2,1-2H3,(H,15,17,18). The zero-order valence-corrected chi connectivity index (χ0v) is 11.3. The minimum atomic E-state index is -0.692. The van der Waals surface area contributed by atoms with Crippen LogP contribution in [-0.2, 0) is 9.59 Å². The van der Waals surface area contributed by atoms with Gasteiger partial charge in [-0.2, -0.15) is 0 Å². The van der Waals surface area contributed by atoms with E-state index in [1.807, 2.05) is 6.92 Å². The van der Waals surface area contributed by atoms with Crippen LogP contribution in [0.5, 0.6) is 0 Å². The van der Waals surface area contributed by atoms with Gasteiger partial charge < -0.3 is 4.90 Å². The number of carbonyl (C=O) groups is 3. The van der Waals surface area contributed by atoms with Gasteiger partial charge in [0.15, 0.2) is 0 Å². The highest BCUT2D eigenvalue weighted by Gasteiger charge is 2.34. The number of hydrogen-bond donors (Lipinski definition) is 1. The van der Waals surface area contributed by atoms with Crippen LogP contribution in [0, 0.1) is 6.92 Å². The minimum Gasteiger partial charge on any atom is -0.318 e. The second-order valence-corrected chi connectivity index (χ2v) is 4.91. The second kappa shape index (κ2) is 5.01. The molecule has 100 valence electrons. The summed E-state index contributed by atoms with van der Waals surface area (Å²) in [6.45, 7) is 3.29. The number of piperazine rings is 1. The third-order valence-electron chi connectivity index (χ3n) is 3.04. The molecular weight excluding hydrogens is 268 g/mol. The molecule has 19 heavy (non-hydrogen) atoms. The van der Waals surface area contributed by atoms with Crippen LogP contribution in [0.4, 0.5) is 0 Å². The highest BCUT2D eigenvalue weighted by atomic mass is 35.5. The number of carbonyl (C=O) groups excluding carboxylic acids is 3. The van der Waals surface area contributed by atoms with Gasteiger partial charge in [0.1, 0.15) is 12.6 Å². The highest BCUT2D eigenvalue weighted by Crippen LogP contribution is 2.21. The van der Waals surface area contributed by atoms with Crippen LogP contribution in [0.1, 0.15) is 22.8 Å². The number of amides is 3. The summed E-state index contributed by atoms with van der Waals surface area (Å²) in [6, 6.07) is 4.34. The maximum Gasteiger partial charge on any atom is 0.256 e. The average molecular weight is 281 g/mol. The number of benzene rings is 1. The molecule has 1 aromatic rings. The summed E-state index contributed by atoms with van der Waals surface area (Å²) in [6.07, 6.45) is 0. The topological polar surface area (TPSA) is 66.5 Å². The Kier molecular flexibility index (Phi) is 3.57. The van der Waals surface area contributed by atoms with Crippen molar-refractivity contribution in [2.75, 3.05) is 6.54 Å². The molecule has 5 nitrogen and oxygen atoms in total. The normalized spacial score (nSPS) is 19.3. The van der Waals surface area contributed by atoms with Gasteiger partial charge in [-0.05, 0) is 31.5 Å². The molecular formula is C13H13ClN2O3. The molecule has 1 aliphatic rings. The molecule has 0 spiro atoms. The Morgan fingerprint density at radius 1 is 1.42 bits per heavy atom. The molecule has 1 fully saturated rings. The monoisotopic (exact) mass is 280 g/mol. The maximum atomic E-state index is 12.3. The minimum absolute atomic E-state index is 0.143. The molecule has 1 N–H and O–H groups in total. The van der Waals surface area contributed by atoms with Gasteiger partial charge in [0.05, 0.1) is 10.6 Å². The fraction of sp³-hybridized carbons (Fsp3) is 0.308. The van der Waals surface area contributed by atoms with Gasteiger partial charge in [0.2, 0.25) is 11.8 Å². The maximum absolute atomic E-state index is 12.3. The van der Waals surface area contributed by atoms with Crippen LogP contribution < -0.4 is 5.32 Å². The summed E-state index contributed by atoms with van der Waals surface area (Å²) in [5.41, 5.74) is 1.23. The summed E-state index contributed by atoms with van der Waals surface area (Å²) < 4.78 is 0. The van der Waals surface area contributed by atoms with E-state index in [0.717, 1.165) is 5.56 Å². The Balaban J connectivity index is 2.32. The van der Waals surface area contributed by atoms with Crippen molar-refractivity contribution < 1.29 is 14.4 Å². The average Bonchev–Trinajstić information content (AvgIpc) is 2.33. The Bertz CT molecular complexity index is 571. The zero-order chi connectivity index (χ0) is 14.2. The molecule has 0 saturated carbocycles. The van der Waals surface area contributed by atoms with Crippen LogP contribution in [0.25, 0.3) is 0 Å². The molecule has 0 bridgehead atoms. The van der Waals surface area contributed by atoms with Crippen molar-refractivity contribution in [3.8, 4) is 0 Å². The van der Waals surface area contributed by atoms with Gasteiger partial charge >= 0.3 is 0 Å². The Hall–Kier alpha value is -1.88. The molecule has 1 heterocycles. The molecule has 0 aliphatic carbocycles. The fourth-order valence-electron chi connectivity index (χ4n) is 1.91. The number of hydrogen-bond acceptors (Lipinski definition) is 3. The number of imide groups is 1. The number of nitrogens with zero attached hydrogens (tertiary/aromatic N) is 1. The lowest BCUT2D eigenvalue weighted by Gasteiger charge is -2.31. The van der Waals surface area contributed by atoms with Crippen LogP contribution in [0.15, 0.2) is 18.2 Å². The van der Waals surface area contributed by atoms with E-state index in [0.29, 0.717) is 10.6 Å². The molecule has 1 saturated heterocycles. The summed E-state index contributed by atoms with van der Waals surface area (Å²) in [5.74, 6) is -1.38. The highest BCUT2D eigenvalue weighted by molar-refractivity contribution is 6.34. The van der Waals surface area contributed by atoms with E-state index in [4.69, 9.17) is 11.6 Å². The largest absolute Gasteiger partial charge is 0.318 e. The van der Waals surface area contributed by atoms with E-state index in [2.05, 4.69) is 5.32 Å². The van der Waals surface area contributed by atoms with Crippen molar-refractivity contribution in [3.05, 3.63) is 34.3 Å². The smallest absolute Gasteiger partial charge is 0.256 e. The predicted molar refractivity (Wildman–Crippen MR) is 69.8 cm³/mol. The predicted octanol–water partition coefficient (Wildman–Crippen LogP) is 1.14. The lowest BCUT2D eigenvalue weighted by Crippen LogP contribution is -2.58. The Labute approximate surface area is 115 Å². The van der Waals surface area contributed by atoms with Gasteiger partial charge in [-0.1, -0.05) is 17.7 Å². The third kappa shape index (κ3) is 2.61. The molecule has 1 aromatic carbocycles. The van der Waals surface area contributed by atoms with Crippen LogP contribution >= 0.6 is 11.6 Å². The summed E-state index contributed by atoms with van der Waals surface area (Å²) in [5, 5.41) is 2.50. The third-order valence-corrected chi connectivity index (χ3v) is 3.35. The molecule has 2 rings (SSSR count). The van der Waals surface area contributed by atoms with Crippen LogP contribution in [-0.4, -0.2) is 35.2 Å². The lowest BCUT2D eigenvalue weighted by atomic mass is 10.1. The number of aryl methyl sites for hydroxylation is 1. The first kappa shape index (κ1) is 13.5. The SMILES string of the molecule is Cc1ccc(C(=O)N2CC(=O)NC(=O)C2C)c(Cl)c1. The first-order valence-corrected chi connectivity index (χ1v) is 6.18. The molecule has 0 radical (unpaired) electrons. The lowest BCUT2D eigenvalue weighted by molar-refractivity contribution is -0.138. The Morgan fingerprint density at radius 3 is 2.74 bits per heavy atom. The van der Waals surface area contributed by atoms with E-state index in [1.165, 1.54) is 4.90 Å². The van der Waals surface area contributed by atoms with Gasteiger partial charge in [0, 0.05) is 0 Å². The summed E-state index contributed by atoms with van der Waals surface area (Å²) in [4.78, 5) is 36.4. The number of nitrogens with one attached hydrogen (secondary N) is 1. The van der Waals surface area contributed by atoms with Crippen LogP contribution in [0.2, 0.25) is 5.02 Å². The fourth-order valence-corrected chi connectivity index (χ4v) is 2.23. The Morgan fingerprint density at radius 2 is 2.11 bits per heavy atom. The van der Waals surface area contributed by atoms with Crippen molar-refractivity contribution in [3.63, 3.8) is 0 Å². The summed E-state index contributed by atoms with van der Waals surface area (Å²) in [7, 11) is 0. The van der Waals surface area contributed by atoms with E-state index in [1.54, 1.807) is 25.1 Å². The van der Waals surface area contributed by atoms with E-state index in [-0.39, 0.29) is 6.54 Å².